The van der Waals surface area contributed by atoms with Crippen LogP contribution in [0.3, 0.4) is 0 Å². The Balaban J connectivity index is 0.00000256. The first kappa shape index (κ1) is 22.0. The van der Waals surface area contributed by atoms with E-state index in [2.05, 4.69) is 10.2 Å². The number of anilines is 1. The van der Waals surface area contributed by atoms with Crippen molar-refractivity contribution in [3.05, 3.63) is 80.3 Å². The number of aryl methyl sites for hydroxylation is 1. The second-order valence-corrected chi connectivity index (χ2v) is 8.29. The predicted molar refractivity (Wildman–Crippen MR) is 119 cm³/mol. The second kappa shape index (κ2) is 8.55. The van der Waals surface area contributed by atoms with Crippen LogP contribution in [0.15, 0.2) is 54.1 Å². The molecule has 1 fully saturated rings. The molecule has 1 N–H and O–H groups in total. The van der Waals surface area contributed by atoms with Gasteiger partial charge in [-0.2, -0.15) is 0 Å². The third-order valence-electron chi connectivity index (χ3n) is 4.47. The summed E-state index contributed by atoms with van der Waals surface area (Å²) in [5, 5.41) is 20.4. The van der Waals surface area contributed by atoms with Gasteiger partial charge in [0.1, 0.15) is 10.8 Å². The van der Waals surface area contributed by atoms with Gasteiger partial charge in [0.15, 0.2) is 0 Å². The quantitative estimate of drug-likeness (QED) is 0.320. The van der Waals surface area contributed by atoms with Crippen molar-refractivity contribution >= 4 is 57.1 Å². The number of aliphatic hydroxyl groups excluding tert-OH is 1. The lowest BCUT2D eigenvalue weighted by molar-refractivity contribution is -0.132. The van der Waals surface area contributed by atoms with Crippen LogP contribution in [0, 0.1) is 6.92 Å². The van der Waals surface area contributed by atoms with Crippen LogP contribution in [0.1, 0.15) is 29.6 Å². The van der Waals surface area contributed by atoms with Crippen LogP contribution in [0.5, 0.6) is 0 Å². The Kier molecular flexibility index (Phi) is 6.26. The van der Waals surface area contributed by atoms with E-state index < -0.39 is 17.7 Å². The van der Waals surface area contributed by atoms with Gasteiger partial charge in [-0.3, -0.25) is 14.5 Å². The molecule has 0 aliphatic carbocycles. The molecule has 1 unspecified atom stereocenters. The summed E-state index contributed by atoms with van der Waals surface area (Å²) in [7, 11) is 0. The number of Topliss-reactive ketones (excluding diaryl/α,β-unsaturated/α-hetero) is 1. The summed E-state index contributed by atoms with van der Waals surface area (Å²) in [6.45, 7) is 1.75. The highest BCUT2D eigenvalue weighted by atomic mass is 35.5. The Bertz CT molecular complexity index is 1160. The van der Waals surface area contributed by atoms with Gasteiger partial charge in [0.05, 0.1) is 21.7 Å². The topological polar surface area (TPSA) is 83.4 Å². The molecule has 2 aromatic carbocycles. The van der Waals surface area contributed by atoms with Gasteiger partial charge < -0.3 is 5.11 Å². The summed E-state index contributed by atoms with van der Waals surface area (Å²) >= 11 is 13.4. The molecular weight excluding hydrogens is 445 g/mol. The first-order chi connectivity index (χ1) is 13.9. The van der Waals surface area contributed by atoms with Crippen molar-refractivity contribution < 1.29 is 14.7 Å². The van der Waals surface area contributed by atoms with E-state index in [-0.39, 0.29) is 28.9 Å². The van der Waals surface area contributed by atoms with Crippen LogP contribution in [-0.4, -0.2) is 27.0 Å². The van der Waals surface area contributed by atoms with E-state index in [0.29, 0.717) is 21.2 Å². The van der Waals surface area contributed by atoms with Crippen molar-refractivity contribution in [2.75, 3.05) is 4.90 Å². The van der Waals surface area contributed by atoms with Crippen molar-refractivity contribution in [3.8, 4) is 0 Å². The number of nitrogens with zero attached hydrogens (tertiary/aromatic N) is 3. The van der Waals surface area contributed by atoms with Crippen molar-refractivity contribution in [1.29, 1.82) is 0 Å². The molecule has 6 nitrogen and oxygen atoms in total. The maximum atomic E-state index is 12.9. The average molecular weight is 462 g/mol. The van der Waals surface area contributed by atoms with Gasteiger partial charge in [-0.1, -0.05) is 78.4 Å². The minimum atomic E-state index is -0.919. The first-order valence-corrected chi connectivity index (χ1v) is 10.1. The van der Waals surface area contributed by atoms with Gasteiger partial charge in [0.25, 0.3) is 5.78 Å². The van der Waals surface area contributed by atoms with Crippen molar-refractivity contribution in [2.45, 2.75) is 20.4 Å². The second-order valence-electron chi connectivity index (χ2n) is 6.31. The molecule has 3 aromatic rings. The van der Waals surface area contributed by atoms with E-state index in [0.717, 1.165) is 0 Å². The van der Waals surface area contributed by atoms with Gasteiger partial charge in [-0.15, -0.1) is 10.2 Å². The molecule has 0 spiro atoms. The Hall–Kier alpha value is -2.74. The Morgan fingerprint density at radius 2 is 1.77 bits per heavy atom. The van der Waals surface area contributed by atoms with Crippen LogP contribution < -0.4 is 4.90 Å². The average Bonchev–Trinajstić information content (AvgIpc) is 3.25. The highest BCUT2D eigenvalue weighted by Gasteiger charge is 2.48. The smallest absolute Gasteiger partial charge is 0.301 e. The summed E-state index contributed by atoms with van der Waals surface area (Å²) in [5.41, 5.74) is 0.889. The summed E-state index contributed by atoms with van der Waals surface area (Å²) in [6, 6.07) is 12.4. The maximum absolute atomic E-state index is 12.9. The lowest BCUT2D eigenvalue weighted by atomic mass is 9.95. The van der Waals surface area contributed by atoms with E-state index >= 15 is 0 Å². The first-order valence-electron chi connectivity index (χ1n) is 8.50. The number of halogens is 2. The molecule has 1 aromatic heterocycles. The normalized spacial score (nSPS) is 17.8. The third-order valence-corrected chi connectivity index (χ3v) is 6.05. The maximum Gasteiger partial charge on any atom is 0.301 e. The van der Waals surface area contributed by atoms with Gasteiger partial charge in [-0.25, -0.2) is 0 Å². The molecule has 1 aliphatic rings. The minimum absolute atomic E-state index is 0. The van der Waals surface area contributed by atoms with Gasteiger partial charge in [0, 0.05) is 5.56 Å². The van der Waals surface area contributed by atoms with Crippen LogP contribution in [0.25, 0.3) is 5.76 Å². The zero-order valence-electron chi connectivity index (χ0n) is 15.0. The van der Waals surface area contributed by atoms with E-state index in [1.807, 2.05) is 0 Å². The Labute approximate surface area is 187 Å². The third kappa shape index (κ3) is 3.71. The molecule has 4 rings (SSSR count). The van der Waals surface area contributed by atoms with E-state index in [4.69, 9.17) is 23.2 Å². The van der Waals surface area contributed by atoms with E-state index in [1.54, 1.807) is 55.5 Å². The fourth-order valence-corrected chi connectivity index (χ4v) is 4.18. The number of benzene rings is 2. The van der Waals surface area contributed by atoms with Gasteiger partial charge in [-0.05, 0) is 24.6 Å². The van der Waals surface area contributed by atoms with Crippen molar-refractivity contribution in [1.82, 2.24) is 10.2 Å². The number of aromatic nitrogens is 2. The lowest BCUT2D eigenvalue weighted by Gasteiger charge is -2.22. The SMILES string of the molecule is C.Cc1nnc(N2C(=O)C(=O)/C(=C(/O)c3ccccc3)C2c2ccc(Cl)c(Cl)c2)s1. The molecule has 9 heteroatoms. The summed E-state index contributed by atoms with van der Waals surface area (Å²) in [6.07, 6.45) is 0. The minimum Gasteiger partial charge on any atom is -0.507 e. The van der Waals surface area contributed by atoms with E-state index in [9.17, 15) is 14.7 Å². The standard InChI is InChI=1S/C20H13Cl2N3O3S.CH4/c1-10-23-24-20(29-10)25-16(12-7-8-13(21)14(22)9-12)15(18(27)19(25)28)17(26)11-5-3-2-4-6-11;/h2-9,16,26H,1H3;1H4/b17-15+;. The number of ketones is 1. The number of aliphatic hydroxyl groups is 1. The fourth-order valence-electron chi connectivity index (χ4n) is 3.16. The van der Waals surface area contributed by atoms with E-state index in [1.165, 1.54) is 16.2 Å². The lowest BCUT2D eigenvalue weighted by Crippen LogP contribution is -2.29. The molecule has 1 atom stereocenters. The summed E-state index contributed by atoms with van der Waals surface area (Å²) in [4.78, 5) is 27.1. The fraction of sp³-hybridized carbons (Fsp3) is 0.143. The molecule has 1 saturated heterocycles. The number of carbonyl (C=O) groups excluding carboxylic acids is 2. The molecule has 154 valence electrons. The Morgan fingerprint density at radius 1 is 1.07 bits per heavy atom. The molecule has 1 amide bonds. The predicted octanol–water partition coefficient (Wildman–Crippen LogP) is 5.42. The number of amides is 1. The largest absolute Gasteiger partial charge is 0.507 e. The monoisotopic (exact) mass is 461 g/mol. The molecule has 2 heterocycles. The van der Waals surface area contributed by atoms with Crippen LogP contribution in [0.4, 0.5) is 5.13 Å². The van der Waals surface area contributed by atoms with Crippen LogP contribution in [-0.2, 0) is 9.59 Å². The highest BCUT2D eigenvalue weighted by molar-refractivity contribution is 7.15. The van der Waals surface area contributed by atoms with Crippen LogP contribution >= 0.6 is 34.5 Å². The number of rotatable bonds is 3. The van der Waals surface area contributed by atoms with Crippen molar-refractivity contribution in [2.24, 2.45) is 0 Å². The molecule has 0 saturated carbocycles. The number of hydrogen-bond donors (Lipinski definition) is 1. The molecule has 1 aliphatic heterocycles. The molecule has 0 bridgehead atoms. The number of hydrogen-bond acceptors (Lipinski definition) is 6. The number of carbonyl (C=O) groups is 2. The summed E-state index contributed by atoms with van der Waals surface area (Å²) in [5.74, 6) is -1.88. The summed E-state index contributed by atoms with van der Waals surface area (Å²) < 4.78 is 0. The van der Waals surface area contributed by atoms with Gasteiger partial charge >= 0.3 is 5.91 Å². The molecule has 0 radical (unpaired) electrons. The Morgan fingerprint density at radius 3 is 2.37 bits per heavy atom. The molecular formula is C21H17Cl2N3O3S. The highest BCUT2D eigenvalue weighted by Crippen LogP contribution is 2.43. The van der Waals surface area contributed by atoms with Crippen molar-refractivity contribution in [3.63, 3.8) is 0 Å². The van der Waals surface area contributed by atoms with Crippen LogP contribution in [0.2, 0.25) is 10.0 Å². The molecule has 30 heavy (non-hydrogen) atoms. The zero-order valence-corrected chi connectivity index (χ0v) is 17.3. The van der Waals surface area contributed by atoms with Gasteiger partial charge in [0.2, 0.25) is 5.13 Å². The zero-order chi connectivity index (χ0) is 20.7.